The van der Waals surface area contributed by atoms with Gasteiger partial charge in [0, 0.05) is 49.4 Å². The molecule has 3 N–H and O–H groups in total. The summed E-state index contributed by atoms with van der Waals surface area (Å²) in [5.74, 6) is -1.49. The van der Waals surface area contributed by atoms with Crippen molar-refractivity contribution in [2.45, 2.75) is 90.8 Å². The number of β-amino-alcohol motifs (C(OH)–C–C–N with tert-alkyl or cyclic N) is 1. The first-order chi connectivity index (χ1) is 33.6. The molecular weight excluding hydrogens is 958 g/mol. The van der Waals surface area contributed by atoms with Crippen LogP contribution in [0.5, 0.6) is 5.88 Å². The maximum absolute atomic E-state index is 14.0. The molecule has 2 aliphatic rings. The van der Waals surface area contributed by atoms with E-state index in [0.29, 0.717) is 11.6 Å². The minimum atomic E-state index is -4.81. The van der Waals surface area contributed by atoms with E-state index >= 15 is 0 Å². The third-order valence-corrected chi connectivity index (χ3v) is 13.6. The van der Waals surface area contributed by atoms with Crippen LogP contribution in [-0.4, -0.2) is 98.8 Å². The third-order valence-electron chi connectivity index (χ3n) is 12.2. The second-order valence-electron chi connectivity index (χ2n) is 18.7. The molecule has 4 amide bonds. The highest BCUT2D eigenvalue weighted by Crippen LogP contribution is 2.40. The minimum absolute atomic E-state index is 0.0170. The molecule has 15 nitrogen and oxygen atoms in total. The van der Waals surface area contributed by atoms with Gasteiger partial charge in [0.25, 0.3) is 5.91 Å². The van der Waals surface area contributed by atoms with Crippen molar-refractivity contribution in [2.24, 2.45) is 5.41 Å². The second-order valence-corrected chi connectivity index (χ2v) is 20.0. The molecule has 7 rings (SSSR count). The zero-order valence-corrected chi connectivity index (χ0v) is 41.5. The molecule has 0 radical (unpaired) electrons. The number of aliphatic hydroxyl groups excluding tert-OH is 1. The van der Waals surface area contributed by atoms with Crippen LogP contribution in [0.1, 0.15) is 69.8 Å². The number of nitrogens with zero attached hydrogens (tertiary/aromatic N) is 6. The van der Waals surface area contributed by atoms with Crippen molar-refractivity contribution in [3.63, 3.8) is 0 Å². The Morgan fingerprint density at radius 2 is 1.63 bits per heavy atom. The lowest BCUT2D eigenvalue weighted by molar-refractivity contribution is -0.144. The van der Waals surface area contributed by atoms with Gasteiger partial charge in [-0.2, -0.15) is 18.4 Å². The molecule has 0 unspecified atom stereocenters. The number of pyridine rings is 1. The molecule has 3 atom stereocenters. The highest BCUT2D eigenvalue weighted by atomic mass is 32.1. The molecule has 2 aliphatic heterocycles. The number of nitriles is 1. The fourth-order valence-corrected chi connectivity index (χ4v) is 9.72. The van der Waals surface area contributed by atoms with Crippen molar-refractivity contribution >= 4 is 63.7 Å². The first-order valence-corrected chi connectivity index (χ1v) is 24.0. The third kappa shape index (κ3) is 11.7. The van der Waals surface area contributed by atoms with E-state index in [9.17, 15) is 42.7 Å². The number of thiocarbonyl (C=S) groups is 1. The van der Waals surface area contributed by atoms with E-state index in [1.165, 1.54) is 11.0 Å². The topological polar surface area (TPSA) is 190 Å². The fourth-order valence-electron chi connectivity index (χ4n) is 8.38. The summed E-state index contributed by atoms with van der Waals surface area (Å²) in [5.41, 5.74) is 2.90. The Labute approximate surface area is 418 Å². The molecule has 2 fully saturated rings. The van der Waals surface area contributed by atoms with Crippen LogP contribution in [0.3, 0.4) is 0 Å². The van der Waals surface area contributed by atoms with E-state index < -0.39 is 70.1 Å². The molecule has 4 heterocycles. The Balaban J connectivity index is 0.860. The summed E-state index contributed by atoms with van der Waals surface area (Å²) < 4.78 is 52.7. The number of rotatable bonds is 16. The molecule has 0 aliphatic carbocycles. The molecule has 372 valence electrons. The number of anilines is 2. The van der Waals surface area contributed by atoms with E-state index in [1.807, 2.05) is 52.0 Å². The van der Waals surface area contributed by atoms with Gasteiger partial charge in [-0.05, 0) is 91.5 Å². The lowest BCUT2D eigenvalue weighted by Gasteiger charge is -2.35. The number of likely N-dealkylation sites (tertiary alicyclic amines) is 1. The monoisotopic (exact) mass is 1010 g/mol. The van der Waals surface area contributed by atoms with Crippen LogP contribution < -0.4 is 25.2 Å². The number of carbonyl (C=O) groups is 4. The number of nitrogens with one attached hydrogen (secondary N) is 2. The molecule has 5 aromatic rings. The van der Waals surface area contributed by atoms with Gasteiger partial charge in [-0.25, -0.2) is 9.97 Å². The molecule has 20 heteroatoms. The van der Waals surface area contributed by atoms with Gasteiger partial charge in [-0.1, -0.05) is 57.2 Å². The van der Waals surface area contributed by atoms with Crippen LogP contribution in [0, 0.1) is 23.7 Å². The summed E-state index contributed by atoms with van der Waals surface area (Å²) in [6.45, 7) is 11.1. The van der Waals surface area contributed by atoms with E-state index in [-0.39, 0.29) is 56.6 Å². The number of aromatic nitrogens is 2. The van der Waals surface area contributed by atoms with Crippen LogP contribution in [0.25, 0.3) is 21.6 Å². The quantitative estimate of drug-likeness (QED) is 0.0650. The van der Waals surface area contributed by atoms with E-state index in [1.54, 1.807) is 84.3 Å². The number of alkyl halides is 3. The number of amides is 4. The molecule has 2 saturated heterocycles. The number of ether oxygens (including phenoxy) is 2. The van der Waals surface area contributed by atoms with Crippen LogP contribution in [0.15, 0.2) is 90.6 Å². The van der Waals surface area contributed by atoms with Crippen LogP contribution in [0.4, 0.5) is 24.5 Å². The smallest absolute Gasteiger partial charge is 0.417 e. The summed E-state index contributed by atoms with van der Waals surface area (Å²) in [5, 5.41) is 25.5. The van der Waals surface area contributed by atoms with Gasteiger partial charge in [0.2, 0.25) is 23.6 Å². The first-order valence-electron chi connectivity index (χ1n) is 22.7. The number of halogens is 3. The predicted molar refractivity (Wildman–Crippen MR) is 265 cm³/mol. The van der Waals surface area contributed by atoms with E-state index in [0.717, 1.165) is 49.9 Å². The minimum Gasteiger partial charge on any atom is -0.475 e. The Morgan fingerprint density at radius 1 is 0.958 bits per heavy atom. The van der Waals surface area contributed by atoms with Crippen molar-refractivity contribution in [2.75, 3.05) is 36.2 Å². The summed E-state index contributed by atoms with van der Waals surface area (Å²) in [6.07, 6.45) is -4.07. The molecular formula is C51H53F3N8O7S2. The van der Waals surface area contributed by atoms with Gasteiger partial charge in [-0.15, -0.1) is 11.3 Å². The average molecular weight is 1010 g/mol. The van der Waals surface area contributed by atoms with Crippen molar-refractivity contribution in [1.82, 2.24) is 25.5 Å². The first kappa shape index (κ1) is 52.0. The maximum Gasteiger partial charge on any atom is 0.417 e. The molecule has 0 spiro atoms. The maximum atomic E-state index is 14.0. The largest absolute Gasteiger partial charge is 0.475 e. The van der Waals surface area contributed by atoms with Gasteiger partial charge >= 0.3 is 6.18 Å². The molecule has 0 saturated carbocycles. The van der Waals surface area contributed by atoms with E-state index in [4.69, 9.17) is 21.7 Å². The fraction of sp³-hybridized carbons (Fsp3) is 0.373. The van der Waals surface area contributed by atoms with Gasteiger partial charge in [-0.3, -0.25) is 24.1 Å². The molecule has 71 heavy (non-hydrogen) atoms. The number of hydrogen-bond donors (Lipinski definition) is 3. The average Bonchev–Trinajstić information content (AvgIpc) is 4.00. The number of carbonyl (C=O) groups excluding carboxylic acids is 4. The summed E-state index contributed by atoms with van der Waals surface area (Å²) in [6, 6.07) is 21.1. The van der Waals surface area contributed by atoms with Crippen molar-refractivity contribution in [3.05, 3.63) is 113 Å². The summed E-state index contributed by atoms with van der Waals surface area (Å²) in [4.78, 5) is 67.9. The van der Waals surface area contributed by atoms with Crippen LogP contribution in [-0.2, 0) is 36.6 Å². The van der Waals surface area contributed by atoms with Gasteiger partial charge in [0.15, 0.2) is 5.11 Å². The molecule has 3 aromatic carbocycles. The number of aliphatic hydroxyl groups is 1. The van der Waals surface area contributed by atoms with Gasteiger partial charge in [0.1, 0.15) is 24.2 Å². The lowest BCUT2D eigenvalue weighted by Crippen LogP contribution is -2.57. The van der Waals surface area contributed by atoms with Crippen molar-refractivity contribution < 1.29 is 46.9 Å². The Bertz CT molecular complexity index is 2830. The zero-order chi connectivity index (χ0) is 51.4. The number of benzene rings is 3. The Kier molecular flexibility index (Phi) is 15.6. The normalized spacial score (nSPS) is 17.3. The number of aryl methyl sites for hydroxylation is 1. The highest BCUT2D eigenvalue weighted by Gasteiger charge is 2.51. The Hall–Kier alpha value is -6.79. The van der Waals surface area contributed by atoms with Gasteiger partial charge in [0.05, 0.1) is 58.3 Å². The lowest BCUT2D eigenvalue weighted by atomic mass is 9.85. The Morgan fingerprint density at radius 3 is 2.25 bits per heavy atom. The SMILES string of the molecule is Cc1ncsc1-c1ccc(CNC(=O)[C@@H]2C[C@@H](O)CN2C(=O)[C@@H](NC(=O)CCOCCOc2ccc(-c3ccc(N4C(=S)N(c5ccc(C#N)c(C(F)(F)F)c5)C(=O)C4(C)C)cc3)cn2)C(C)(C)C)cc1. The standard InChI is InChI=1S/C51H53F3N8O7S2/c1-30-43(71-29-58-30)33-9-7-31(8-10-33)26-57-45(65)40-24-38(63)28-60(40)46(66)44(49(2,3)4)59-41(64)19-20-68-21-22-69-42-18-14-35(27-56-42)32-11-15-36(16-12-32)62-48(70)61(47(67)50(62,5)6)37-17-13-34(25-55)39(23-37)51(52,53)54/h7-18,23,27,29,38,40,44,63H,19-22,24,26,28H2,1-6H3,(H,57,65)(H,59,64)/t38-,40+,44-/m1/s1. The molecule has 2 aromatic heterocycles. The second kappa shape index (κ2) is 21.3. The summed E-state index contributed by atoms with van der Waals surface area (Å²) in [7, 11) is 0. The van der Waals surface area contributed by atoms with Crippen LogP contribution in [0.2, 0.25) is 0 Å². The highest BCUT2D eigenvalue weighted by molar-refractivity contribution is 7.81. The predicted octanol–water partition coefficient (Wildman–Crippen LogP) is 7.58. The van der Waals surface area contributed by atoms with Gasteiger partial charge < -0.3 is 35.0 Å². The number of thiazole rings is 1. The van der Waals surface area contributed by atoms with E-state index in [2.05, 4.69) is 20.6 Å². The van der Waals surface area contributed by atoms with Crippen molar-refractivity contribution in [1.29, 1.82) is 5.26 Å². The van der Waals surface area contributed by atoms with Crippen LogP contribution >= 0.6 is 23.6 Å². The zero-order valence-electron chi connectivity index (χ0n) is 39.9. The van der Waals surface area contributed by atoms with Crippen molar-refractivity contribution in [3.8, 4) is 33.5 Å². The number of hydrogen-bond acceptors (Lipinski definition) is 12. The summed E-state index contributed by atoms with van der Waals surface area (Å²) >= 11 is 7.21. The molecule has 0 bridgehead atoms.